The van der Waals surface area contributed by atoms with Gasteiger partial charge in [0.05, 0.1) is 18.6 Å². The first-order valence-electron chi connectivity index (χ1n) is 10.1. The molecule has 6 atom stereocenters. The maximum Gasteiger partial charge on any atom is 0.0977 e. The predicted molar refractivity (Wildman–Crippen MR) is 99.8 cm³/mol. The van der Waals surface area contributed by atoms with E-state index in [1.807, 2.05) is 12.5 Å². The molecule has 2 heteroatoms. The van der Waals surface area contributed by atoms with E-state index in [-0.39, 0.29) is 6.10 Å². The number of hydrogen-bond acceptors (Lipinski definition) is 2. The van der Waals surface area contributed by atoms with E-state index in [1.54, 1.807) is 5.57 Å². The zero-order valence-electron chi connectivity index (χ0n) is 15.5. The van der Waals surface area contributed by atoms with Gasteiger partial charge in [-0.1, -0.05) is 31.6 Å². The number of rotatable bonds is 1. The molecular weight excluding hydrogens is 308 g/mol. The minimum absolute atomic E-state index is 0.106. The van der Waals surface area contributed by atoms with E-state index >= 15 is 0 Å². The van der Waals surface area contributed by atoms with Crippen LogP contribution in [-0.4, -0.2) is 11.2 Å². The third-order valence-corrected chi connectivity index (χ3v) is 8.49. The van der Waals surface area contributed by atoms with Crippen molar-refractivity contribution in [3.63, 3.8) is 0 Å². The molecule has 4 aliphatic rings. The zero-order valence-corrected chi connectivity index (χ0v) is 15.5. The minimum Gasteiger partial charge on any atom is -0.472 e. The second kappa shape index (κ2) is 5.36. The van der Waals surface area contributed by atoms with Gasteiger partial charge in [-0.2, -0.15) is 0 Å². The Morgan fingerprint density at radius 1 is 1.04 bits per heavy atom. The largest absolute Gasteiger partial charge is 0.472 e. The fourth-order valence-corrected chi connectivity index (χ4v) is 7.07. The van der Waals surface area contributed by atoms with E-state index in [9.17, 15) is 5.11 Å². The minimum atomic E-state index is -0.106. The van der Waals surface area contributed by atoms with Gasteiger partial charge in [0.15, 0.2) is 0 Å². The molecule has 2 nitrogen and oxygen atoms in total. The Morgan fingerprint density at radius 2 is 1.88 bits per heavy atom. The fraction of sp³-hybridized carbons (Fsp3) is 0.652. The Labute approximate surface area is 151 Å². The van der Waals surface area contributed by atoms with E-state index in [2.05, 4.69) is 32.1 Å². The van der Waals surface area contributed by atoms with Gasteiger partial charge in [0.2, 0.25) is 0 Å². The quantitative estimate of drug-likeness (QED) is 0.676. The van der Waals surface area contributed by atoms with Crippen LogP contribution in [0.1, 0.15) is 64.4 Å². The van der Waals surface area contributed by atoms with Crippen LogP contribution >= 0.6 is 0 Å². The van der Waals surface area contributed by atoms with Gasteiger partial charge in [-0.05, 0) is 85.2 Å². The molecule has 2 saturated carbocycles. The van der Waals surface area contributed by atoms with E-state index in [1.165, 1.54) is 43.2 Å². The van der Waals surface area contributed by atoms with Gasteiger partial charge in [-0.25, -0.2) is 0 Å². The van der Waals surface area contributed by atoms with Crippen LogP contribution in [-0.2, 0) is 0 Å². The SMILES string of the molecule is CC12CCC(O)CC1=CCC1C2CCC2(C)C(c3ccoc3)=CCC12. The summed E-state index contributed by atoms with van der Waals surface area (Å²) in [5.41, 5.74) is 5.03. The lowest BCUT2D eigenvalue weighted by Gasteiger charge is -2.57. The Hall–Kier alpha value is -1.28. The molecule has 1 heterocycles. The lowest BCUT2D eigenvalue weighted by molar-refractivity contribution is -0.0238. The van der Waals surface area contributed by atoms with Gasteiger partial charge in [0.1, 0.15) is 0 Å². The molecule has 0 radical (unpaired) electrons. The molecule has 4 aliphatic carbocycles. The molecule has 5 rings (SSSR count). The summed E-state index contributed by atoms with van der Waals surface area (Å²) in [6.45, 7) is 5.01. The summed E-state index contributed by atoms with van der Waals surface area (Å²) in [5, 5.41) is 10.1. The normalized spacial score (nSPS) is 45.9. The number of fused-ring (bicyclic) bond motifs is 5. The van der Waals surface area contributed by atoms with E-state index < -0.39 is 0 Å². The van der Waals surface area contributed by atoms with Crippen molar-refractivity contribution in [2.75, 3.05) is 0 Å². The highest BCUT2D eigenvalue weighted by atomic mass is 16.3. The first-order valence-corrected chi connectivity index (χ1v) is 10.1. The number of aliphatic hydroxyl groups is 1. The lowest BCUT2D eigenvalue weighted by atomic mass is 9.47. The Kier molecular flexibility index (Phi) is 3.42. The van der Waals surface area contributed by atoms with Crippen LogP contribution in [0, 0.1) is 28.6 Å². The van der Waals surface area contributed by atoms with Crippen LogP contribution in [0.25, 0.3) is 5.57 Å². The highest BCUT2D eigenvalue weighted by Gasteiger charge is 2.56. The van der Waals surface area contributed by atoms with Gasteiger partial charge in [-0.15, -0.1) is 0 Å². The average molecular weight is 338 g/mol. The summed E-state index contributed by atoms with van der Waals surface area (Å²) >= 11 is 0. The van der Waals surface area contributed by atoms with Crippen LogP contribution in [0.4, 0.5) is 0 Å². The van der Waals surface area contributed by atoms with E-state index in [4.69, 9.17) is 4.42 Å². The maximum absolute atomic E-state index is 10.1. The molecule has 0 bridgehead atoms. The average Bonchev–Trinajstić information content (AvgIpc) is 3.22. The second-order valence-electron chi connectivity index (χ2n) is 9.48. The van der Waals surface area contributed by atoms with Crippen LogP contribution in [0.5, 0.6) is 0 Å². The summed E-state index contributed by atoms with van der Waals surface area (Å²) in [7, 11) is 0. The van der Waals surface area contributed by atoms with Gasteiger partial charge >= 0.3 is 0 Å². The molecular formula is C23H30O2. The molecule has 0 amide bonds. The zero-order chi connectivity index (χ0) is 17.2. The van der Waals surface area contributed by atoms with Crippen molar-refractivity contribution in [2.45, 2.75) is 64.9 Å². The third-order valence-electron chi connectivity index (χ3n) is 8.49. The van der Waals surface area contributed by atoms with Crippen molar-refractivity contribution >= 4 is 5.57 Å². The highest BCUT2D eigenvalue weighted by Crippen LogP contribution is 2.66. The topological polar surface area (TPSA) is 33.4 Å². The predicted octanol–water partition coefficient (Wildman–Crippen LogP) is 5.60. The Balaban J connectivity index is 1.48. The van der Waals surface area contributed by atoms with Gasteiger partial charge in [-0.3, -0.25) is 0 Å². The van der Waals surface area contributed by atoms with E-state index in [0.29, 0.717) is 10.8 Å². The molecule has 0 spiro atoms. The maximum atomic E-state index is 10.1. The van der Waals surface area contributed by atoms with Gasteiger partial charge in [0, 0.05) is 5.56 Å². The number of furan rings is 1. The smallest absolute Gasteiger partial charge is 0.0977 e. The Bertz CT molecular complexity index is 727. The van der Waals surface area contributed by atoms with Crippen LogP contribution in [0.15, 0.2) is 40.7 Å². The van der Waals surface area contributed by atoms with Crippen LogP contribution < -0.4 is 0 Å². The van der Waals surface area contributed by atoms with Crippen molar-refractivity contribution in [1.82, 2.24) is 0 Å². The summed E-state index contributed by atoms with van der Waals surface area (Å²) in [6.07, 6.45) is 16.8. The molecule has 1 aromatic rings. The first kappa shape index (κ1) is 15.9. The summed E-state index contributed by atoms with van der Waals surface area (Å²) in [6, 6.07) is 2.13. The summed E-state index contributed by atoms with van der Waals surface area (Å²) in [5.74, 6) is 2.36. The van der Waals surface area contributed by atoms with Crippen LogP contribution in [0.3, 0.4) is 0 Å². The van der Waals surface area contributed by atoms with Crippen molar-refractivity contribution in [3.8, 4) is 0 Å². The standard InChI is InChI=1S/C23H30O2/c1-22-10-7-17(24)13-16(22)3-4-18-20-6-5-19(15-9-12-25-14-15)23(20,2)11-8-21(18)22/h3,5,9,12,14,17-18,20-21,24H,4,6-8,10-11,13H2,1-2H3. The monoisotopic (exact) mass is 338 g/mol. The molecule has 0 aliphatic heterocycles. The third kappa shape index (κ3) is 2.13. The van der Waals surface area contributed by atoms with Crippen molar-refractivity contribution in [3.05, 3.63) is 41.9 Å². The van der Waals surface area contributed by atoms with Crippen molar-refractivity contribution in [1.29, 1.82) is 0 Å². The second-order valence-corrected chi connectivity index (χ2v) is 9.48. The van der Waals surface area contributed by atoms with Crippen molar-refractivity contribution in [2.24, 2.45) is 28.6 Å². The van der Waals surface area contributed by atoms with Gasteiger partial charge in [0.25, 0.3) is 0 Å². The molecule has 6 unspecified atom stereocenters. The number of aliphatic hydroxyl groups excluding tert-OH is 1. The highest BCUT2D eigenvalue weighted by molar-refractivity contribution is 5.72. The molecule has 134 valence electrons. The number of allylic oxidation sites excluding steroid dienone is 3. The molecule has 1 N–H and O–H groups in total. The molecule has 1 aromatic heterocycles. The molecule has 0 aromatic carbocycles. The summed E-state index contributed by atoms with van der Waals surface area (Å²) in [4.78, 5) is 0. The fourth-order valence-electron chi connectivity index (χ4n) is 7.07. The van der Waals surface area contributed by atoms with E-state index in [0.717, 1.165) is 30.6 Å². The molecule has 2 fully saturated rings. The van der Waals surface area contributed by atoms with Crippen LogP contribution in [0.2, 0.25) is 0 Å². The lowest BCUT2D eigenvalue weighted by Crippen LogP contribution is -2.49. The first-order chi connectivity index (χ1) is 12.0. The summed E-state index contributed by atoms with van der Waals surface area (Å²) < 4.78 is 5.38. The Morgan fingerprint density at radius 3 is 2.68 bits per heavy atom. The number of hydrogen-bond donors (Lipinski definition) is 1. The molecule has 0 saturated heterocycles. The van der Waals surface area contributed by atoms with Crippen molar-refractivity contribution < 1.29 is 9.52 Å². The molecule has 25 heavy (non-hydrogen) atoms. The van der Waals surface area contributed by atoms with Gasteiger partial charge < -0.3 is 9.52 Å².